The molecule has 2 aliphatic rings. The van der Waals surface area contributed by atoms with Crippen molar-refractivity contribution in [3.63, 3.8) is 0 Å². The average Bonchev–Trinajstić information content (AvgIpc) is 3.55. The van der Waals surface area contributed by atoms with Crippen LogP contribution in [-0.2, 0) is 18.6 Å². The molecule has 0 amide bonds. The molecule has 1 aliphatic heterocycles. The van der Waals surface area contributed by atoms with Gasteiger partial charge in [-0.05, 0) is 30.5 Å². The molecule has 2 N–H and O–H groups in total. The van der Waals surface area contributed by atoms with Gasteiger partial charge in [-0.15, -0.1) is 24.8 Å². The van der Waals surface area contributed by atoms with E-state index >= 15 is 0 Å². The molecule has 0 saturated heterocycles. The summed E-state index contributed by atoms with van der Waals surface area (Å²) in [7, 11) is 0. The molecule has 1 aliphatic carbocycles. The van der Waals surface area contributed by atoms with Crippen molar-refractivity contribution in [2.45, 2.75) is 44.3 Å². The largest absolute Gasteiger partial charge is 0.365 e. The van der Waals surface area contributed by atoms with Gasteiger partial charge >= 0.3 is 0 Å². The second-order valence-electron chi connectivity index (χ2n) is 7.96. The molecule has 4 aromatic rings. The number of benzene rings is 1. The standard InChI is InChI=1S/C22H23N7.2ClH/c1-2-7-18(28-13-5-11-25-28)16(6-1)14-23-21-17-15-24-22(9-3-4-10-22)20(17)27-19-8-12-26-29(19)21;;/h1-2,5-8,11-13,23-24H,3-4,9-10,14-15H2;2*1H. The Morgan fingerprint density at radius 2 is 1.84 bits per heavy atom. The summed E-state index contributed by atoms with van der Waals surface area (Å²) in [4.78, 5) is 5.01. The molecule has 162 valence electrons. The number of aromatic nitrogens is 5. The van der Waals surface area contributed by atoms with Crippen molar-refractivity contribution in [2.24, 2.45) is 0 Å². The van der Waals surface area contributed by atoms with Crippen LogP contribution in [0.1, 0.15) is 42.5 Å². The van der Waals surface area contributed by atoms with Gasteiger partial charge in [0, 0.05) is 37.1 Å². The van der Waals surface area contributed by atoms with E-state index in [0.29, 0.717) is 6.54 Å². The third-order valence-corrected chi connectivity index (χ3v) is 6.34. The maximum atomic E-state index is 5.01. The van der Waals surface area contributed by atoms with Gasteiger partial charge < -0.3 is 10.6 Å². The van der Waals surface area contributed by atoms with E-state index in [4.69, 9.17) is 4.98 Å². The topological polar surface area (TPSA) is 72.1 Å². The molecule has 1 saturated carbocycles. The summed E-state index contributed by atoms with van der Waals surface area (Å²) in [6.45, 7) is 1.52. The van der Waals surface area contributed by atoms with E-state index in [1.807, 2.05) is 39.8 Å². The molecular formula is C22H25Cl2N7. The lowest BCUT2D eigenvalue weighted by molar-refractivity contribution is 0.365. The Bertz CT molecular complexity index is 1180. The van der Waals surface area contributed by atoms with Crippen molar-refractivity contribution < 1.29 is 0 Å². The zero-order valence-electron chi connectivity index (χ0n) is 17.0. The normalized spacial score (nSPS) is 16.1. The molecule has 0 atom stereocenters. The summed E-state index contributed by atoms with van der Waals surface area (Å²) >= 11 is 0. The van der Waals surface area contributed by atoms with Crippen molar-refractivity contribution in [1.82, 2.24) is 29.7 Å². The number of rotatable bonds is 4. The zero-order valence-corrected chi connectivity index (χ0v) is 18.6. The lowest BCUT2D eigenvalue weighted by Gasteiger charge is -2.24. The molecule has 3 aromatic heterocycles. The van der Waals surface area contributed by atoms with Crippen molar-refractivity contribution >= 4 is 36.3 Å². The Kier molecular flexibility index (Phi) is 5.92. The number of anilines is 1. The van der Waals surface area contributed by atoms with Crippen LogP contribution < -0.4 is 10.6 Å². The number of nitrogens with zero attached hydrogens (tertiary/aromatic N) is 5. The van der Waals surface area contributed by atoms with E-state index < -0.39 is 0 Å². The Morgan fingerprint density at radius 3 is 2.65 bits per heavy atom. The molecule has 0 bridgehead atoms. The third kappa shape index (κ3) is 3.46. The highest BCUT2D eigenvalue weighted by Crippen LogP contribution is 2.45. The number of hydrogen-bond acceptors (Lipinski definition) is 5. The molecule has 1 aromatic carbocycles. The fourth-order valence-electron chi connectivity index (χ4n) is 4.93. The summed E-state index contributed by atoms with van der Waals surface area (Å²) in [6.07, 6.45) is 10.5. The van der Waals surface area contributed by atoms with Gasteiger partial charge in [0.1, 0.15) is 5.82 Å². The van der Waals surface area contributed by atoms with Crippen LogP contribution in [0.15, 0.2) is 55.0 Å². The van der Waals surface area contributed by atoms with Crippen LogP contribution in [0.3, 0.4) is 0 Å². The van der Waals surface area contributed by atoms with Gasteiger partial charge in [-0.1, -0.05) is 31.0 Å². The maximum Gasteiger partial charge on any atom is 0.157 e. The van der Waals surface area contributed by atoms with Gasteiger partial charge in [-0.3, -0.25) is 0 Å². The van der Waals surface area contributed by atoms with Crippen LogP contribution in [0.4, 0.5) is 5.82 Å². The summed E-state index contributed by atoms with van der Waals surface area (Å²) < 4.78 is 3.84. The summed E-state index contributed by atoms with van der Waals surface area (Å²) in [5.41, 5.74) is 5.68. The second kappa shape index (κ2) is 8.49. The van der Waals surface area contributed by atoms with Gasteiger partial charge in [0.05, 0.1) is 23.1 Å². The van der Waals surface area contributed by atoms with Crippen LogP contribution >= 0.6 is 24.8 Å². The number of nitrogens with one attached hydrogen (secondary N) is 2. The van der Waals surface area contributed by atoms with Crippen molar-refractivity contribution in [3.8, 4) is 5.69 Å². The molecule has 0 radical (unpaired) electrons. The highest BCUT2D eigenvalue weighted by molar-refractivity contribution is 5.85. The zero-order chi connectivity index (χ0) is 19.3. The molecule has 1 fully saturated rings. The van der Waals surface area contributed by atoms with E-state index in [0.717, 1.165) is 23.7 Å². The predicted octanol–water partition coefficient (Wildman–Crippen LogP) is 4.24. The summed E-state index contributed by atoms with van der Waals surface area (Å²) in [5, 5.41) is 16.4. The lowest BCUT2D eigenvalue weighted by atomic mass is 9.94. The SMILES string of the molecule is Cl.Cl.c1ccc(-n2cccn2)c(CNc2c3c(nc4ccnn24)C2(CCCC2)NC3)c1. The van der Waals surface area contributed by atoms with Gasteiger partial charge in [-0.25, -0.2) is 9.67 Å². The summed E-state index contributed by atoms with van der Waals surface area (Å²) in [5.74, 6) is 1.04. The molecule has 9 heteroatoms. The maximum absolute atomic E-state index is 5.01. The second-order valence-corrected chi connectivity index (χ2v) is 7.96. The molecular weight excluding hydrogens is 433 g/mol. The lowest BCUT2D eigenvalue weighted by Crippen LogP contribution is -2.33. The molecule has 1 spiro atoms. The highest BCUT2D eigenvalue weighted by Gasteiger charge is 2.43. The van der Waals surface area contributed by atoms with E-state index in [9.17, 15) is 0 Å². The van der Waals surface area contributed by atoms with E-state index in [1.54, 1.807) is 6.20 Å². The van der Waals surface area contributed by atoms with Gasteiger partial charge in [0.25, 0.3) is 0 Å². The summed E-state index contributed by atoms with van der Waals surface area (Å²) in [6, 6.07) is 12.3. The number of halogens is 2. The number of hydrogen-bond donors (Lipinski definition) is 2. The predicted molar refractivity (Wildman–Crippen MR) is 125 cm³/mol. The van der Waals surface area contributed by atoms with Crippen LogP contribution in [-0.4, -0.2) is 24.4 Å². The van der Waals surface area contributed by atoms with Crippen LogP contribution in [0, 0.1) is 0 Å². The van der Waals surface area contributed by atoms with Crippen LogP contribution in [0.5, 0.6) is 0 Å². The average molecular weight is 458 g/mol. The first-order valence-corrected chi connectivity index (χ1v) is 10.3. The fraction of sp³-hybridized carbons (Fsp3) is 0.318. The molecule has 4 heterocycles. The van der Waals surface area contributed by atoms with E-state index in [-0.39, 0.29) is 30.4 Å². The van der Waals surface area contributed by atoms with Gasteiger partial charge in [-0.2, -0.15) is 14.7 Å². The van der Waals surface area contributed by atoms with Crippen molar-refractivity contribution in [2.75, 3.05) is 5.32 Å². The van der Waals surface area contributed by atoms with E-state index in [1.165, 1.54) is 42.5 Å². The first kappa shape index (κ1) is 21.6. The minimum absolute atomic E-state index is 0. The highest BCUT2D eigenvalue weighted by atomic mass is 35.5. The minimum atomic E-state index is 0. The Labute approximate surface area is 193 Å². The fourth-order valence-corrected chi connectivity index (χ4v) is 4.93. The number of fused-ring (bicyclic) bond motifs is 3. The monoisotopic (exact) mass is 457 g/mol. The molecule has 6 rings (SSSR count). The molecule has 31 heavy (non-hydrogen) atoms. The molecule has 7 nitrogen and oxygen atoms in total. The quantitative estimate of drug-likeness (QED) is 0.479. The van der Waals surface area contributed by atoms with Crippen LogP contribution in [0.25, 0.3) is 11.3 Å². The van der Waals surface area contributed by atoms with Gasteiger partial charge in [0.2, 0.25) is 0 Å². The van der Waals surface area contributed by atoms with Crippen molar-refractivity contribution in [1.29, 1.82) is 0 Å². The first-order chi connectivity index (χ1) is 14.3. The van der Waals surface area contributed by atoms with E-state index in [2.05, 4.69) is 39.0 Å². The van der Waals surface area contributed by atoms with Gasteiger partial charge in [0.15, 0.2) is 5.65 Å². The van der Waals surface area contributed by atoms with Crippen LogP contribution in [0.2, 0.25) is 0 Å². The minimum Gasteiger partial charge on any atom is -0.365 e. The third-order valence-electron chi connectivity index (χ3n) is 6.34. The number of para-hydroxylation sites is 1. The Morgan fingerprint density at radius 1 is 1.00 bits per heavy atom. The smallest absolute Gasteiger partial charge is 0.157 e. The molecule has 0 unspecified atom stereocenters. The Balaban J connectivity index is 0.00000116. The Hall–Kier alpha value is -2.61. The van der Waals surface area contributed by atoms with Crippen molar-refractivity contribution in [3.05, 3.63) is 71.8 Å². The first-order valence-electron chi connectivity index (χ1n) is 10.3.